The van der Waals surface area contributed by atoms with Crippen LogP contribution in [0.3, 0.4) is 0 Å². The average molecular weight is 456 g/mol. The lowest BCUT2D eigenvalue weighted by molar-refractivity contribution is -0.133. The van der Waals surface area contributed by atoms with Gasteiger partial charge in [-0.25, -0.2) is 9.59 Å². The molecule has 2 heterocycles. The number of esters is 1. The number of carbonyl (C=O) groups excluding carboxylic acids is 4. The fourth-order valence-corrected chi connectivity index (χ4v) is 5.17. The number of ether oxygens (including phenoxy) is 1. The number of rotatable bonds is 6. The SMILES string of the molecule is CCOC(=O)c1sc(NC(=O)CN2C(=O)NC(C)(c3ccc4c(c3)CCC4)C2=O)cc1C. The van der Waals surface area contributed by atoms with Gasteiger partial charge >= 0.3 is 12.0 Å². The summed E-state index contributed by atoms with van der Waals surface area (Å²) in [6.07, 6.45) is 3.07. The first-order valence-electron chi connectivity index (χ1n) is 10.6. The van der Waals surface area contributed by atoms with Gasteiger partial charge in [0.1, 0.15) is 17.0 Å². The molecule has 0 bridgehead atoms. The van der Waals surface area contributed by atoms with Crippen molar-refractivity contribution < 1.29 is 23.9 Å². The molecular formula is C23H25N3O5S. The molecular weight excluding hydrogens is 430 g/mol. The van der Waals surface area contributed by atoms with E-state index >= 15 is 0 Å². The van der Waals surface area contributed by atoms with E-state index in [0.29, 0.717) is 21.0 Å². The first-order valence-corrected chi connectivity index (χ1v) is 11.4. The number of nitrogens with zero attached hydrogens (tertiary/aromatic N) is 1. The second-order valence-electron chi connectivity index (χ2n) is 8.17. The van der Waals surface area contributed by atoms with E-state index in [4.69, 9.17) is 4.74 Å². The fraction of sp³-hybridized carbons (Fsp3) is 0.391. The van der Waals surface area contributed by atoms with Crippen LogP contribution in [0.25, 0.3) is 0 Å². The molecule has 1 fully saturated rings. The van der Waals surface area contributed by atoms with Crippen molar-refractivity contribution in [3.8, 4) is 0 Å². The molecule has 1 aromatic carbocycles. The maximum Gasteiger partial charge on any atom is 0.348 e. The van der Waals surface area contributed by atoms with Crippen molar-refractivity contribution in [1.29, 1.82) is 0 Å². The Morgan fingerprint density at radius 3 is 2.72 bits per heavy atom. The van der Waals surface area contributed by atoms with Gasteiger partial charge in [0.05, 0.1) is 11.6 Å². The van der Waals surface area contributed by atoms with Crippen molar-refractivity contribution in [2.24, 2.45) is 0 Å². The Labute approximate surface area is 189 Å². The number of fused-ring (bicyclic) bond motifs is 1. The Morgan fingerprint density at radius 2 is 1.97 bits per heavy atom. The largest absolute Gasteiger partial charge is 0.462 e. The number of carbonyl (C=O) groups is 4. The van der Waals surface area contributed by atoms with Gasteiger partial charge in [-0.2, -0.15) is 0 Å². The molecule has 168 valence electrons. The van der Waals surface area contributed by atoms with Crippen molar-refractivity contribution in [2.75, 3.05) is 18.5 Å². The Hall–Kier alpha value is -3.20. The summed E-state index contributed by atoms with van der Waals surface area (Å²) in [5.41, 5.74) is 2.66. The van der Waals surface area contributed by atoms with Crippen LogP contribution in [-0.2, 0) is 32.7 Å². The van der Waals surface area contributed by atoms with Crippen molar-refractivity contribution >= 4 is 40.2 Å². The first kappa shape index (κ1) is 22.0. The summed E-state index contributed by atoms with van der Waals surface area (Å²) >= 11 is 1.09. The van der Waals surface area contributed by atoms with Crippen LogP contribution in [0, 0.1) is 6.92 Å². The molecule has 4 amide bonds. The zero-order chi connectivity index (χ0) is 23.0. The minimum atomic E-state index is -1.22. The Bertz CT molecular complexity index is 1120. The highest BCUT2D eigenvalue weighted by Crippen LogP contribution is 2.33. The van der Waals surface area contributed by atoms with Gasteiger partial charge in [-0.3, -0.25) is 14.5 Å². The smallest absolute Gasteiger partial charge is 0.348 e. The van der Waals surface area contributed by atoms with Gasteiger partial charge in [0.25, 0.3) is 5.91 Å². The second-order valence-corrected chi connectivity index (χ2v) is 9.23. The number of anilines is 1. The minimum Gasteiger partial charge on any atom is -0.462 e. The van der Waals surface area contributed by atoms with Crippen LogP contribution in [0.4, 0.5) is 9.80 Å². The molecule has 2 aromatic rings. The minimum absolute atomic E-state index is 0.257. The third kappa shape index (κ3) is 3.88. The van der Waals surface area contributed by atoms with E-state index in [1.165, 1.54) is 11.1 Å². The van der Waals surface area contributed by atoms with E-state index in [2.05, 4.69) is 10.6 Å². The molecule has 32 heavy (non-hydrogen) atoms. The van der Waals surface area contributed by atoms with E-state index in [1.54, 1.807) is 26.8 Å². The molecule has 1 aliphatic carbocycles. The summed E-state index contributed by atoms with van der Waals surface area (Å²) in [5, 5.41) is 5.86. The zero-order valence-electron chi connectivity index (χ0n) is 18.2. The topological polar surface area (TPSA) is 105 Å². The van der Waals surface area contributed by atoms with E-state index in [9.17, 15) is 19.2 Å². The van der Waals surface area contributed by atoms with E-state index < -0.39 is 35.9 Å². The summed E-state index contributed by atoms with van der Waals surface area (Å²) in [6.45, 7) is 4.97. The number of thiophene rings is 1. The number of urea groups is 1. The highest BCUT2D eigenvalue weighted by molar-refractivity contribution is 7.18. The number of benzene rings is 1. The van der Waals surface area contributed by atoms with Crippen LogP contribution >= 0.6 is 11.3 Å². The van der Waals surface area contributed by atoms with Gasteiger partial charge in [-0.1, -0.05) is 18.2 Å². The predicted octanol–water partition coefficient (Wildman–Crippen LogP) is 3.13. The third-order valence-corrected chi connectivity index (χ3v) is 7.03. The monoisotopic (exact) mass is 455 g/mol. The number of imide groups is 1. The molecule has 0 saturated carbocycles. The summed E-state index contributed by atoms with van der Waals surface area (Å²) in [5.74, 6) is -1.44. The quantitative estimate of drug-likeness (QED) is 0.514. The fourth-order valence-electron chi connectivity index (χ4n) is 4.18. The highest BCUT2D eigenvalue weighted by atomic mass is 32.1. The maximum atomic E-state index is 13.1. The molecule has 0 radical (unpaired) electrons. The first-order chi connectivity index (χ1) is 15.2. The number of nitrogens with one attached hydrogen (secondary N) is 2. The third-order valence-electron chi connectivity index (χ3n) is 5.89. The van der Waals surface area contributed by atoms with E-state index in [0.717, 1.165) is 35.5 Å². The second kappa shape index (κ2) is 8.38. The lowest BCUT2D eigenvalue weighted by atomic mass is 9.89. The number of aryl methyl sites for hydroxylation is 3. The van der Waals surface area contributed by atoms with Crippen molar-refractivity contribution in [3.05, 3.63) is 51.4 Å². The molecule has 1 aromatic heterocycles. The Kier molecular flexibility index (Phi) is 5.77. The highest BCUT2D eigenvalue weighted by Gasteiger charge is 2.49. The van der Waals surface area contributed by atoms with Gasteiger partial charge in [0, 0.05) is 0 Å². The van der Waals surface area contributed by atoms with Gasteiger partial charge in [-0.15, -0.1) is 11.3 Å². The van der Waals surface area contributed by atoms with Gasteiger partial charge < -0.3 is 15.4 Å². The molecule has 1 saturated heterocycles. The molecule has 0 spiro atoms. The maximum absolute atomic E-state index is 13.1. The molecule has 1 aliphatic heterocycles. The number of hydrogen-bond acceptors (Lipinski definition) is 6. The van der Waals surface area contributed by atoms with Gasteiger partial charge in [-0.05, 0) is 68.4 Å². The summed E-state index contributed by atoms with van der Waals surface area (Å²) in [7, 11) is 0. The van der Waals surface area contributed by atoms with Crippen molar-refractivity contribution in [1.82, 2.24) is 10.2 Å². The van der Waals surface area contributed by atoms with Crippen LogP contribution in [0.1, 0.15) is 52.2 Å². The molecule has 1 unspecified atom stereocenters. The lowest BCUT2D eigenvalue weighted by Gasteiger charge is -2.23. The summed E-state index contributed by atoms with van der Waals surface area (Å²) < 4.78 is 5.01. The zero-order valence-corrected chi connectivity index (χ0v) is 19.1. The summed E-state index contributed by atoms with van der Waals surface area (Å²) in [6, 6.07) is 6.92. The number of amides is 4. The predicted molar refractivity (Wildman–Crippen MR) is 120 cm³/mol. The van der Waals surface area contributed by atoms with Crippen molar-refractivity contribution in [2.45, 2.75) is 45.6 Å². The molecule has 2 aliphatic rings. The van der Waals surface area contributed by atoms with Crippen LogP contribution < -0.4 is 10.6 Å². The molecule has 1 atom stereocenters. The van der Waals surface area contributed by atoms with Gasteiger partial charge in [0.2, 0.25) is 5.91 Å². The summed E-state index contributed by atoms with van der Waals surface area (Å²) in [4.78, 5) is 51.6. The van der Waals surface area contributed by atoms with E-state index in [-0.39, 0.29) is 6.61 Å². The van der Waals surface area contributed by atoms with Crippen LogP contribution in [0.2, 0.25) is 0 Å². The molecule has 9 heteroatoms. The van der Waals surface area contributed by atoms with E-state index in [1.807, 2.05) is 18.2 Å². The molecule has 8 nitrogen and oxygen atoms in total. The normalized spacial score (nSPS) is 19.7. The standard InChI is InChI=1S/C23H25N3O5S/c1-4-31-20(28)19-13(2)10-18(32-19)24-17(27)12-26-21(29)23(3,25-22(26)30)16-9-8-14-6-5-7-15(14)11-16/h8-11H,4-7,12H2,1-3H3,(H,24,27)(H,25,30). The Morgan fingerprint density at radius 1 is 1.22 bits per heavy atom. The van der Waals surface area contributed by atoms with Crippen LogP contribution in [-0.4, -0.2) is 41.9 Å². The Balaban J connectivity index is 1.46. The molecule has 2 N–H and O–H groups in total. The molecule has 4 rings (SSSR count). The van der Waals surface area contributed by atoms with Crippen LogP contribution in [0.5, 0.6) is 0 Å². The lowest BCUT2D eigenvalue weighted by Crippen LogP contribution is -2.42. The average Bonchev–Trinajstić information content (AvgIpc) is 3.41. The van der Waals surface area contributed by atoms with Crippen molar-refractivity contribution in [3.63, 3.8) is 0 Å². The van der Waals surface area contributed by atoms with Gasteiger partial charge in [0.15, 0.2) is 0 Å². The number of hydrogen-bond donors (Lipinski definition) is 2. The van der Waals surface area contributed by atoms with Crippen LogP contribution in [0.15, 0.2) is 24.3 Å².